The van der Waals surface area contributed by atoms with Crippen molar-refractivity contribution < 1.29 is 9.13 Å². The number of ether oxygens (including phenoxy) is 1. The lowest BCUT2D eigenvalue weighted by atomic mass is 10.2. The van der Waals surface area contributed by atoms with E-state index in [1.807, 2.05) is 53.8 Å². The molecule has 2 heterocycles. The zero-order chi connectivity index (χ0) is 20.0. The summed E-state index contributed by atoms with van der Waals surface area (Å²) < 4.78 is 20.9. The summed E-state index contributed by atoms with van der Waals surface area (Å²) in [5.41, 5.74) is 3.75. The van der Waals surface area contributed by atoms with E-state index >= 15 is 0 Å². The molecule has 0 amide bonds. The molecule has 0 aliphatic rings. The third-order valence-electron chi connectivity index (χ3n) is 4.63. The molecular weight excluding hydrogens is 391 g/mol. The number of aryl methyl sites for hydroxylation is 1. The Morgan fingerprint density at radius 1 is 0.931 bits per heavy atom. The lowest BCUT2D eigenvalue weighted by Gasteiger charge is -2.10. The van der Waals surface area contributed by atoms with E-state index in [-0.39, 0.29) is 5.82 Å². The number of benzene rings is 3. The first-order valence-electron chi connectivity index (χ1n) is 8.94. The van der Waals surface area contributed by atoms with Gasteiger partial charge in [-0.25, -0.2) is 9.37 Å². The van der Waals surface area contributed by atoms with Gasteiger partial charge in [0.05, 0.1) is 21.7 Å². The Kier molecular flexibility index (Phi) is 4.14. The van der Waals surface area contributed by atoms with Crippen molar-refractivity contribution in [1.29, 1.82) is 0 Å². The Hall–Kier alpha value is -3.51. The molecule has 5 nitrogen and oxygen atoms in total. The fourth-order valence-electron chi connectivity index (χ4n) is 3.28. The quantitative estimate of drug-likeness (QED) is 0.379. The van der Waals surface area contributed by atoms with Gasteiger partial charge in [-0.2, -0.15) is 0 Å². The highest BCUT2D eigenvalue weighted by atomic mass is 35.5. The van der Waals surface area contributed by atoms with Gasteiger partial charge in [-0.3, -0.25) is 4.40 Å². The lowest BCUT2D eigenvalue weighted by Crippen LogP contribution is -1.98. The molecule has 0 aliphatic heterocycles. The lowest BCUT2D eigenvalue weighted by molar-refractivity contribution is 0.481. The van der Waals surface area contributed by atoms with Crippen molar-refractivity contribution in [2.24, 2.45) is 0 Å². The molecule has 0 fully saturated rings. The summed E-state index contributed by atoms with van der Waals surface area (Å²) in [6.45, 7) is 1.88. The molecule has 142 valence electrons. The Morgan fingerprint density at radius 3 is 2.48 bits per heavy atom. The number of hydrogen-bond acceptors (Lipinski definition) is 4. The predicted molar refractivity (Wildman–Crippen MR) is 110 cm³/mol. The number of rotatable bonds is 3. The number of aromatic nitrogens is 4. The molecule has 0 saturated heterocycles. The molecule has 0 spiro atoms. The minimum Gasteiger partial charge on any atom is -0.457 e. The molecule has 0 atom stereocenters. The van der Waals surface area contributed by atoms with E-state index in [1.165, 1.54) is 12.1 Å². The first kappa shape index (κ1) is 17.6. The van der Waals surface area contributed by atoms with E-state index in [2.05, 4.69) is 15.2 Å². The van der Waals surface area contributed by atoms with Crippen molar-refractivity contribution >= 4 is 28.3 Å². The molecule has 2 aromatic heterocycles. The van der Waals surface area contributed by atoms with Gasteiger partial charge in [0.2, 0.25) is 0 Å². The monoisotopic (exact) mass is 404 g/mol. The Morgan fingerprint density at radius 2 is 1.69 bits per heavy atom. The molecule has 0 unspecified atom stereocenters. The Labute approximate surface area is 170 Å². The van der Waals surface area contributed by atoms with Crippen LogP contribution in [0.1, 0.15) is 5.69 Å². The number of nitrogens with zero attached hydrogens (tertiary/aromatic N) is 4. The van der Waals surface area contributed by atoms with Crippen LogP contribution in [0.4, 0.5) is 4.39 Å². The topological polar surface area (TPSA) is 52.3 Å². The van der Waals surface area contributed by atoms with Crippen LogP contribution in [0, 0.1) is 12.7 Å². The van der Waals surface area contributed by atoms with Gasteiger partial charge in [0.15, 0.2) is 11.5 Å². The summed E-state index contributed by atoms with van der Waals surface area (Å²) in [6, 6.07) is 19.0. The van der Waals surface area contributed by atoms with Crippen LogP contribution in [0.5, 0.6) is 11.5 Å². The van der Waals surface area contributed by atoms with Gasteiger partial charge in [-0.15, -0.1) is 10.2 Å². The molecular formula is C22H14ClFN4O. The van der Waals surface area contributed by atoms with Crippen LogP contribution in [0.25, 0.3) is 28.1 Å². The maximum Gasteiger partial charge on any atom is 0.183 e. The molecule has 0 bridgehead atoms. The number of hydrogen-bond donors (Lipinski definition) is 0. The molecule has 0 saturated carbocycles. The summed E-state index contributed by atoms with van der Waals surface area (Å²) in [5, 5.41) is 9.26. The summed E-state index contributed by atoms with van der Waals surface area (Å²) >= 11 is 6.39. The van der Waals surface area contributed by atoms with Crippen molar-refractivity contribution in [3.05, 3.63) is 83.3 Å². The molecule has 29 heavy (non-hydrogen) atoms. The second-order valence-corrected chi connectivity index (χ2v) is 6.97. The minimum atomic E-state index is -0.310. The van der Waals surface area contributed by atoms with Gasteiger partial charge in [0.25, 0.3) is 0 Å². The van der Waals surface area contributed by atoms with Gasteiger partial charge in [0, 0.05) is 11.6 Å². The molecule has 5 rings (SSSR count). The van der Waals surface area contributed by atoms with Gasteiger partial charge < -0.3 is 4.74 Å². The summed E-state index contributed by atoms with van der Waals surface area (Å²) in [5.74, 6) is 1.48. The fourth-order valence-corrected chi connectivity index (χ4v) is 3.50. The van der Waals surface area contributed by atoms with Crippen LogP contribution < -0.4 is 4.74 Å². The predicted octanol–water partition coefficient (Wildman–Crippen LogP) is 5.84. The molecule has 7 heteroatoms. The summed E-state index contributed by atoms with van der Waals surface area (Å²) in [4.78, 5) is 4.65. The normalized spacial score (nSPS) is 11.3. The van der Waals surface area contributed by atoms with Crippen LogP contribution >= 0.6 is 11.6 Å². The highest BCUT2D eigenvalue weighted by molar-refractivity contribution is 6.33. The van der Waals surface area contributed by atoms with E-state index in [1.54, 1.807) is 12.1 Å². The summed E-state index contributed by atoms with van der Waals surface area (Å²) in [6.07, 6.45) is 0. The van der Waals surface area contributed by atoms with Crippen LogP contribution in [0.3, 0.4) is 0 Å². The minimum absolute atomic E-state index is 0.310. The second kappa shape index (κ2) is 6.83. The van der Waals surface area contributed by atoms with Crippen molar-refractivity contribution in [1.82, 2.24) is 19.6 Å². The van der Waals surface area contributed by atoms with Crippen molar-refractivity contribution in [2.45, 2.75) is 6.92 Å². The Bertz CT molecular complexity index is 1370. The van der Waals surface area contributed by atoms with Crippen molar-refractivity contribution in [2.75, 3.05) is 0 Å². The van der Waals surface area contributed by atoms with Gasteiger partial charge in [0.1, 0.15) is 17.3 Å². The highest BCUT2D eigenvalue weighted by Gasteiger charge is 2.16. The molecule has 0 aliphatic carbocycles. The van der Waals surface area contributed by atoms with Crippen LogP contribution in [0.15, 0.2) is 66.7 Å². The molecule has 5 aromatic rings. The van der Waals surface area contributed by atoms with Crippen molar-refractivity contribution in [3.8, 4) is 22.9 Å². The number of halogens is 2. The van der Waals surface area contributed by atoms with E-state index < -0.39 is 0 Å². The average Bonchev–Trinajstić information content (AvgIpc) is 3.16. The van der Waals surface area contributed by atoms with E-state index in [9.17, 15) is 4.39 Å². The smallest absolute Gasteiger partial charge is 0.183 e. The standard InChI is InChI=1S/C22H14ClFN4O/c1-13-21-26-27-22(17-4-2-3-5-18(17)23)28(21)20-11-10-16(12-19(20)25-13)29-15-8-6-14(24)7-9-15/h2-12H,1H3. The first-order valence-corrected chi connectivity index (χ1v) is 9.32. The van der Waals surface area contributed by atoms with E-state index in [4.69, 9.17) is 16.3 Å². The highest BCUT2D eigenvalue weighted by Crippen LogP contribution is 2.31. The second-order valence-electron chi connectivity index (χ2n) is 6.57. The van der Waals surface area contributed by atoms with Crippen molar-refractivity contribution in [3.63, 3.8) is 0 Å². The summed E-state index contributed by atoms with van der Waals surface area (Å²) in [7, 11) is 0. The van der Waals surface area contributed by atoms with E-state index in [0.29, 0.717) is 28.0 Å². The van der Waals surface area contributed by atoms with Crippen LogP contribution in [-0.4, -0.2) is 19.6 Å². The Balaban J connectivity index is 1.67. The maximum absolute atomic E-state index is 13.1. The third-order valence-corrected chi connectivity index (χ3v) is 4.96. The number of fused-ring (bicyclic) bond motifs is 3. The molecule has 0 N–H and O–H groups in total. The maximum atomic E-state index is 13.1. The first-order chi connectivity index (χ1) is 14.1. The van der Waals surface area contributed by atoms with E-state index in [0.717, 1.165) is 22.3 Å². The molecule has 0 radical (unpaired) electrons. The van der Waals surface area contributed by atoms with Crippen LogP contribution in [-0.2, 0) is 0 Å². The van der Waals surface area contributed by atoms with Crippen LogP contribution in [0.2, 0.25) is 5.02 Å². The zero-order valence-corrected chi connectivity index (χ0v) is 16.1. The van der Waals surface area contributed by atoms with Gasteiger partial charge >= 0.3 is 0 Å². The average molecular weight is 405 g/mol. The molecule has 3 aromatic carbocycles. The van der Waals surface area contributed by atoms with Gasteiger partial charge in [-0.1, -0.05) is 23.7 Å². The zero-order valence-electron chi connectivity index (χ0n) is 15.3. The third kappa shape index (κ3) is 3.07. The van der Waals surface area contributed by atoms with Gasteiger partial charge in [-0.05, 0) is 55.5 Å². The SMILES string of the molecule is Cc1nc2cc(Oc3ccc(F)cc3)ccc2n2c(-c3ccccc3Cl)nnc12. The fraction of sp³-hybridized carbons (Fsp3) is 0.0455. The largest absolute Gasteiger partial charge is 0.457 e.